The van der Waals surface area contributed by atoms with Crippen LogP contribution in [0.3, 0.4) is 0 Å². The van der Waals surface area contributed by atoms with Gasteiger partial charge in [-0.3, -0.25) is 4.90 Å². The Balaban J connectivity index is 0.00000220. The van der Waals surface area contributed by atoms with Gasteiger partial charge in [0.15, 0.2) is 0 Å². The molecule has 1 fully saturated rings. The molecule has 0 amide bonds. The average molecular weight is 380 g/mol. The Morgan fingerprint density at radius 1 is 1.29 bits per heavy atom. The molecule has 5 heteroatoms. The number of piperazine rings is 1. The summed E-state index contributed by atoms with van der Waals surface area (Å²) in [7, 11) is 0. The molecule has 2 rings (SSSR count). The summed E-state index contributed by atoms with van der Waals surface area (Å²) in [5.41, 5.74) is 1.23. The number of hydrogen-bond donors (Lipinski definition) is 1. The summed E-state index contributed by atoms with van der Waals surface area (Å²) in [5.74, 6) is -0.179. The minimum absolute atomic E-state index is 0. The van der Waals surface area contributed by atoms with Crippen molar-refractivity contribution in [3.63, 3.8) is 0 Å². The van der Waals surface area contributed by atoms with Gasteiger partial charge in [0.05, 0.1) is 4.47 Å². The highest BCUT2D eigenvalue weighted by Gasteiger charge is 2.22. The highest BCUT2D eigenvalue weighted by atomic mass is 79.9. The van der Waals surface area contributed by atoms with E-state index in [1.54, 1.807) is 6.07 Å². The number of benzene rings is 1. The number of nitrogens with zero attached hydrogens (tertiary/aromatic N) is 1. The molecular formula is C16H25BrClFN2. The fraction of sp³-hybridized carbons (Fsp3) is 0.625. The highest BCUT2D eigenvalue weighted by molar-refractivity contribution is 9.10. The van der Waals surface area contributed by atoms with Crippen LogP contribution in [0.5, 0.6) is 0 Å². The van der Waals surface area contributed by atoms with Gasteiger partial charge < -0.3 is 5.32 Å². The van der Waals surface area contributed by atoms with Crippen molar-refractivity contribution in [1.82, 2.24) is 10.2 Å². The lowest BCUT2D eigenvalue weighted by atomic mass is 9.98. The molecule has 1 aliphatic rings. The van der Waals surface area contributed by atoms with Crippen LogP contribution < -0.4 is 5.32 Å². The van der Waals surface area contributed by atoms with Crippen LogP contribution >= 0.6 is 28.3 Å². The number of nitrogens with one attached hydrogen (secondary N) is 1. The zero-order valence-corrected chi connectivity index (χ0v) is 15.0. The maximum atomic E-state index is 13.4. The molecule has 0 aliphatic carbocycles. The molecule has 120 valence electrons. The van der Waals surface area contributed by atoms with E-state index in [-0.39, 0.29) is 18.2 Å². The van der Waals surface area contributed by atoms with Crippen LogP contribution in [0, 0.1) is 5.82 Å². The fourth-order valence-electron chi connectivity index (χ4n) is 2.86. The van der Waals surface area contributed by atoms with Crippen molar-refractivity contribution in [1.29, 1.82) is 0 Å². The third-order valence-corrected chi connectivity index (χ3v) is 4.61. The van der Waals surface area contributed by atoms with Gasteiger partial charge in [0.2, 0.25) is 0 Å². The summed E-state index contributed by atoms with van der Waals surface area (Å²) in [4.78, 5) is 2.53. The van der Waals surface area contributed by atoms with E-state index in [1.807, 2.05) is 12.1 Å². The lowest BCUT2D eigenvalue weighted by molar-refractivity contribution is 0.162. The van der Waals surface area contributed by atoms with E-state index in [4.69, 9.17) is 0 Å². The monoisotopic (exact) mass is 378 g/mol. The molecule has 1 aromatic rings. The molecule has 0 radical (unpaired) electrons. The first-order valence-electron chi connectivity index (χ1n) is 7.62. The Morgan fingerprint density at radius 3 is 2.62 bits per heavy atom. The zero-order chi connectivity index (χ0) is 14.4. The summed E-state index contributed by atoms with van der Waals surface area (Å²) in [6.45, 7) is 6.48. The quantitative estimate of drug-likeness (QED) is 0.730. The molecule has 1 saturated heterocycles. The predicted octanol–water partition coefficient (Wildman–Crippen LogP) is 4.54. The Labute approximate surface area is 142 Å². The van der Waals surface area contributed by atoms with E-state index in [2.05, 4.69) is 33.1 Å². The molecule has 1 aliphatic heterocycles. The molecule has 1 N–H and O–H groups in total. The Hall–Kier alpha value is -0.160. The van der Waals surface area contributed by atoms with Gasteiger partial charge in [0.25, 0.3) is 0 Å². The van der Waals surface area contributed by atoms with Gasteiger partial charge in [-0.15, -0.1) is 12.4 Å². The van der Waals surface area contributed by atoms with Gasteiger partial charge >= 0.3 is 0 Å². The molecule has 1 aromatic carbocycles. The maximum Gasteiger partial charge on any atom is 0.137 e. The molecule has 2 nitrogen and oxygen atoms in total. The topological polar surface area (TPSA) is 15.3 Å². The molecule has 1 heterocycles. The van der Waals surface area contributed by atoms with Gasteiger partial charge in [-0.1, -0.05) is 32.3 Å². The van der Waals surface area contributed by atoms with Crippen molar-refractivity contribution < 1.29 is 4.39 Å². The molecule has 0 saturated carbocycles. The lowest BCUT2D eigenvalue weighted by Gasteiger charge is -2.35. The predicted molar refractivity (Wildman–Crippen MR) is 92.7 cm³/mol. The Kier molecular flexibility index (Phi) is 8.79. The first-order valence-corrected chi connectivity index (χ1v) is 8.41. The average Bonchev–Trinajstić information content (AvgIpc) is 2.48. The maximum absolute atomic E-state index is 13.4. The van der Waals surface area contributed by atoms with Gasteiger partial charge in [-0.25, -0.2) is 4.39 Å². The second-order valence-corrected chi connectivity index (χ2v) is 6.33. The molecule has 0 bridgehead atoms. The minimum atomic E-state index is -0.179. The second-order valence-electron chi connectivity index (χ2n) is 5.47. The van der Waals surface area contributed by atoms with Crippen molar-refractivity contribution >= 4 is 28.3 Å². The highest BCUT2D eigenvalue weighted by Crippen LogP contribution is 2.29. The number of unbranched alkanes of at least 4 members (excludes halogenated alkanes) is 2. The van der Waals surface area contributed by atoms with Crippen molar-refractivity contribution in [3.05, 3.63) is 34.1 Å². The molecule has 0 unspecified atom stereocenters. The smallest absolute Gasteiger partial charge is 0.137 e. The van der Waals surface area contributed by atoms with E-state index in [0.717, 1.165) is 32.6 Å². The van der Waals surface area contributed by atoms with Crippen molar-refractivity contribution in [3.8, 4) is 0 Å². The third-order valence-electron chi connectivity index (χ3n) is 4.00. The normalized spacial score (nSPS) is 17.3. The molecule has 0 aromatic heterocycles. The Bertz CT molecular complexity index is 425. The van der Waals surface area contributed by atoms with Gasteiger partial charge in [-0.05, 0) is 40.0 Å². The van der Waals surface area contributed by atoms with Crippen LogP contribution in [-0.4, -0.2) is 31.1 Å². The van der Waals surface area contributed by atoms with E-state index < -0.39 is 0 Å². The second kappa shape index (κ2) is 9.78. The van der Waals surface area contributed by atoms with E-state index >= 15 is 0 Å². The minimum Gasteiger partial charge on any atom is -0.314 e. The van der Waals surface area contributed by atoms with Crippen LogP contribution in [-0.2, 0) is 0 Å². The van der Waals surface area contributed by atoms with Crippen LogP contribution in [0.1, 0.15) is 44.2 Å². The van der Waals surface area contributed by atoms with Crippen molar-refractivity contribution in [2.45, 2.75) is 38.6 Å². The molecule has 1 atom stereocenters. The van der Waals surface area contributed by atoms with Crippen molar-refractivity contribution in [2.75, 3.05) is 26.2 Å². The van der Waals surface area contributed by atoms with Crippen LogP contribution in [0.2, 0.25) is 0 Å². The zero-order valence-electron chi connectivity index (χ0n) is 12.6. The van der Waals surface area contributed by atoms with Gasteiger partial charge in [0.1, 0.15) is 5.82 Å². The fourth-order valence-corrected chi connectivity index (χ4v) is 3.26. The van der Waals surface area contributed by atoms with Gasteiger partial charge in [0, 0.05) is 32.2 Å². The van der Waals surface area contributed by atoms with Crippen LogP contribution in [0.25, 0.3) is 0 Å². The molecular weight excluding hydrogens is 355 g/mol. The van der Waals surface area contributed by atoms with Crippen LogP contribution in [0.4, 0.5) is 4.39 Å². The first-order chi connectivity index (χ1) is 9.72. The van der Waals surface area contributed by atoms with Crippen LogP contribution in [0.15, 0.2) is 22.7 Å². The molecule has 21 heavy (non-hydrogen) atoms. The van der Waals surface area contributed by atoms with Gasteiger partial charge in [-0.2, -0.15) is 0 Å². The summed E-state index contributed by atoms with van der Waals surface area (Å²) in [5, 5.41) is 3.40. The van der Waals surface area contributed by atoms with E-state index in [1.165, 1.54) is 24.8 Å². The summed E-state index contributed by atoms with van der Waals surface area (Å²) in [6, 6.07) is 5.89. The standard InChI is InChI=1S/C16H24BrFN2.ClH/c1-2-3-4-5-16(20-10-8-19-9-11-20)13-6-7-15(18)14(17)12-13;/h6-7,12,16,19H,2-5,8-11H2,1H3;1H/t16-;/m1./s1. The third kappa shape index (κ3) is 5.51. The lowest BCUT2D eigenvalue weighted by Crippen LogP contribution is -2.45. The SMILES string of the molecule is CCCCC[C@H](c1ccc(F)c(Br)c1)N1CCNCC1.Cl. The first kappa shape index (κ1) is 18.9. The van der Waals surface area contributed by atoms with Crippen molar-refractivity contribution in [2.24, 2.45) is 0 Å². The summed E-state index contributed by atoms with van der Waals surface area (Å²) in [6.07, 6.45) is 4.90. The number of rotatable bonds is 6. The summed E-state index contributed by atoms with van der Waals surface area (Å²) < 4.78 is 14.0. The number of halogens is 3. The van der Waals surface area contributed by atoms with E-state index in [9.17, 15) is 4.39 Å². The van der Waals surface area contributed by atoms with E-state index in [0.29, 0.717) is 10.5 Å². The number of hydrogen-bond acceptors (Lipinski definition) is 2. The largest absolute Gasteiger partial charge is 0.314 e. The summed E-state index contributed by atoms with van der Waals surface area (Å²) >= 11 is 3.31. The Morgan fingerprint density at radius 2 is 2.00 bits per heavy atom. The molecule has 0 spiro atoms.